The second-order valence-corrected chi connectivity index (χ2v) is 7.24. The predicted octanol–water partition coefficient (Wildman–Crippen LogP) is 0.754. The monoisotopic (exact) mass is 261 g/mol. The molecule has 3 rings (SSSR count). The summed E-state index contributed by atoms with van der Waals surface area (Å²) in [7, 11) is -3.05. The maximum Gasteiger partial charge on any atom is 0.214 e. The van der Waals surface area contributed by atoms with Gasteiger partial charge >= 0.3 is 0 Å². The van der Waals surface area contributed by atoms with Crippen LogP contribution in [0.4, 0.5) is 0 Å². The lowest BCUT2D eigenvalue weighted by Crippen LogP contribution is -2.44. The molecule has 0 bridgehead atoms. The van der Waals surface area contributed by atoms with Crippen LogP contribution in [-0.2, 0) is 19.5 Å². The minimum absolute atomic E-state index is 0.0685. The molecule has 17 heavy (non-hydrogen) atoms. The van der Waals surface area contributed by atoms with Crippen molar-refractivity contribution in [2.24, 2.45) is 0 Å². The van der Waals surface area contributed by atoms with Crippen molar-refractivity contribution in [3.05, 3.63) is 0 Å². The van der Waals surface area contributed by atoms with Crippen LogP contribution in [0.5, 0.6) is 0 Å². The molecule has 0 atom stereocenters. The van der Waals surface area contributed by atoms with Crippen molar-refractivity contribution < 1.29 is 17.9 Å². The lowest BCUT2D eigenvalue weighted by Gasteiger charge is -2.35. The van der Waals surface area contributed by atoms with Gasteiger partial charge in [-0.1, -0.05) is 0 Å². The second-order valence-electron chi connectivity index (χ2n) is 5.24. The fourth-order valence-corrected chi connectivity index (χ4v) is 4.32. The minimum atomic E-state index is -3.05. The molecule has 0 radical (unpaired) electrons. The highest BCUT2D eigenvalue weighted by atomic mass is 32.2. The first-order chi connectivity index (χ1) is 8.10. The Morgan fingerprint density at radius 3 is 2.12 bits per heavy atom. The van der Waals surface area contributed by atoms with Crippen LogP contribution in [0.1, 0.15) is 38.5 Å². The smallest absolute Gasteiger partial charge is 0.214 e. The highest BCUT2D eigenvalue weighted by Crippen LogP contribution is 2.36. The molecule has 0 aromatic heterocycles. The third-order valence-corrected chi connectivity index (χ3v) is 5.87. The second kappa shape index (κ2) is 4.19. The summed E-state index contributed by atoms with van der Waals surface area (Å²) in [5, 5.41) is -0.127. The van der Waals surface area contributed by atoms with Crippen LogP contribution < -0.4 is 4.72 Å². The van der Waals surface area contributed by atoms with Crippen LogP contribution in [0.2, 0.25) is 0 Å². The number of ether oxygens (including phenoxy) is 2. The summed E-state index contributed by atoms with van der Waals surface area (Å²) in [6.07, 6.45) is 4.85. The summed E-state index contributed by atoms with van der Waals surface area (Å²) in [4.78, 5) is 0. The van der Waals surface area contributed by atoms with Crippen LogP contribution in [0.3, 0.4) is 0 Å². The molecule has 98 valence electrons. The first-order valence-electron chi connectivity index (χ1n) is 6.39. The van der Waals surface area contributed by atoms with Gasteiger partial charge in [-0.15, -0.1) is 0 Å². The minimum Gasteiger partial charge on any atom is -0.348 e. The molecule has 0 aromatic rings. The van der Waals surface area contributed by atoms with Gasteiger partial charge in [0.1, 0.15) is 0 Å². The van der Waals surface area contributed by atoms with E-state index in [2.05, 4.69) is 4.72 Å². The summed E-state index contributed by atoms with van der Waals surface area (Å²) in [5.74, 6) is -0.401. The summed E-state index contributed by atoms with van der Waals surface area (Å²) >= 11 is 0. The van der Waals surface area contributed by atoms with Crippen LogP contribution in [0.25, 0.3) is 0 Å². The SMILES string of the molecule is O=S(=O)(NC1CCC2(CC1)OCCO2)C1CC1. The Balaban J connectivity index is 1.54. The molecule has 0 amide bonds. The first kappa shape index (κ1) is 11.9. The van der Waals surface area contributed by atoms with Gasteiger partial charge < -0.3 is 9.47 Å². The average molecular weight is 261 g/mol. The maximum atomic E-state index is 11.8. The predicted molar refractivity (Wildman–Crippen MR) is 62.0 cm³/mol. The molecule has 1 spiro atoms. The summed E-state index contributed by atoms with van der Waals surface area (Å²) in [5.41, 5.74) is 0. The number of nitrogens with one attached hydrogen (secondary N) is 1. The number of hydrogen-bond acceptors (Lipinski definition) is 4. The van der Waals surface area contributed by atoms with E-state index < -0.39 is 15.8 Å². The first-order valence-corrected chi connectivity index (χ1v) is 7.93. The molecule has 1 saturated heterocycles. The van der Waals surface area contributed by atoms with Crippen molar-refractivity contribution in [1.82, 2.24) is 4.72 Å². The van der Waals surface area contributed by atoms with Gasteiger partial charge in [-0.25, -0.2) is 13.1 Å². The lowest BCUT2D eigenvalue weighted by molar-refractivity contribution is -0.178. The number of sulfonamides is 1. The zero-order valence-corrected chi connectivity index (χ0v) is 10.7. The highest BCUT2D eigenvalue weighted by molar-refractivity contribution is 7.90. The third-order valence-electron chi connectivity index (χ3n) is 3.86. The normalized spacial score (nSPS) is 29.9. The largest absolute Gasteiger partial charge is 0.348 e. The van der Waals surface area contributed by atoms with Crippen LogP contribution in [0, 0.1) is 0 Å². The van der Waals surface area contributed by atoms with Gasteiger partial charge in [0.2, 0.25) is 10.0 Å². The molecule has 3 fully saturated rings. The maximum absolute atomic E-state index is 11.8. The van der Waals surface area contributed by atoms with Gasteiger partial charge in [-0.2, -0.15) is 0 Å². The van der Waals surface area contributed by atoms with E-state index in [1.807, 2.05) is 0 Å². The van der Waals surface area contributed by atoms with Crippen molar-refractivity contribution in [2.75, 3.05) is 13.2 Å². The molecule has 2 saturated carbocycles. The summed E-state index contributed by atoms with van der Waals surface area (Å²) in [6.45, 7) is 1.33. The van der Waals surface area contributed by atoms with Crippen molar-refractivity contribution in [3.8, 4) is 0 Å². The van der Waals surface area contributed by atoms with Crippen molar-refractivity contribution in [2.45, 2.75) is 55.6 Å². The molecule has 2 aliphatic carbocycles. The van der Waals surface area contributed by atoms with E-state index in [9.17, 15) is 8.42 Å². The Hall–Kier alpha value is -0.170. The summed E-state index contributed by atoms with van der Waals surface area (Å²) in [6, 6.07) is 0.0685. The molecule has 3 aliphatic rings. The Kier molecular flexibility index (Phi) is 2.93. The summed E-state index contributed by atoms with van der Waals surface area (Å²) < 4.78 is 37.7. The van der Waals surface area contributed by atoms with E-state index in [1.54, 1.807) is 0 Å². The van der Waals surface area contributed by atoms with E-state index in [1.165, 1.54) is 0 Å². The molecule has 6 heteroatoms. The Labute approximate surface area is 102 Å². The quantitative estimate of drug-likeness (QED) is 0.814. The van der Waals surface area contributed by atoms with Crippen molar-refractivity contribution in [1.29, 1.82) is 0 Å². The van der Waals surface area contributed by atoms with Gasteiger partial charge in [0.05, 0.1) is 18.5 Å². The Bertz CT molecular complexity index is 374. The zero-order chi connectivity index (χ0) is 11.9. The third kappa shape index (κ3) is 2.50. The van der Waals surface area contributed by atoms with Gasteiger partial charge in [0, 0.05) is 18.9 Å². The Morgan fingerprint density at radius 1 is 1.00 bits per heavy atom. The van der Waals surface area contributed by atoms with Crippen molar-refractivity contribution in [3.63, 3.8) is 0 Å². The molecule has 5 nitrogen and oxygen atoms in total. The molecule has 1 N–H and O–H groups in total. The molecular formula is C11H19NO4S. The van der Waals surface area contributed by atoms with Crippen molar-refractivity contribution >= 4 is 10.0 Å². The van der Waals surface area contributed by atoms with E-state index in [-0.39, 0.29) is 11.3 Å². The van der Waals surface area contributed by atoms with Gasteiger partial charge in [-0.05, 0) is 25.7 Å². The lowest BCUT2D eigenvalue weighted by atomic mass is 9.91. The van der Waals surface area contributed by atoms with Gasteiger partial charge in [0.25, 0.3) is 0 Å². The van der Waals surface area contributed by atoms with E-state index >= 15 is 0 Å². The average Bonchev–Trinajstić information content (AvgIpc) is 3.06. The van der Waals surface area contributed by atoms with Crippen LogP contribution in [0.15, 0.2) is 0 Å². The topological polar surface area (TPSA) is 64.6 Å². The Morgan fingerprint density at radius 2 is 1.59 bits per heavy atom. The van der Waals surface area contributed by atoms with E-state index in [4.69, 9.17) is 9.47 Å². The fourth-order valence-electron chi connectivity index (χ4n) is 2.67. The molecule has 0 aromatic carbocycles. The molecular weight excluding hydrogens is 242 g/mol. The van der Waals surface area contributed by atoms with Gasteiger partial charge in [0.15, 0.2) is 5.79 Å². The molecule has 1 aliphatic heterocycles. The van der Waals surface area contributed by atoms with Gasteiger partial charge in [-0.3, -0.25) is 0 Å². The number of hydrogen-bond donors (Lipinski definition) is 1. The zero-order valence-electron chi connectivity index (χ0n) is 9.85. The fraction of sp³-hybridized carbons (Fsp3) is 1.00. The van der Waals surface area contributed by atoms with Crippen LogP contribution >= 0.6 is 0 Å². The molecule has 1 heterocycles. The number of rotatable bonds is 3. The molecule has 0 unspecified atom stereocenters. The van der Waals surface area contributed by atoms with E-state index in [0.29, 0.717) is 13.2 Å². The van der Waals surface area contributed by atoms with Crippen LogP contribution in [-0.4, -0.2) is 38.7 Å². The van der Waals surface area contributed by atoms with E-state index in [0.717, 1.165) is 38.5 Å². The standard InChI is InChI=1S/C11H19NO4S/c13-17(14,10-1-2-10)12-9-3-5-11(6-4-9)15-7-8-16-11/h9-10,12H,1-8H2. The highest BCUT2D eigenvalue weighted by Gasteiger charge is 2.43.